The molecule has 21 heavy (non-hydrogen) atoms. The van der Waals surface area contributed by atoms with Crippen molar-refractivity contribution in [3.63, 3.8) is 0 Å². The van der Waals surface area contributed by atoms with Gasteiger partial charge in [0.1, 0.15) is 6.54 Å². The number of primary amides is 1. The lowest BCUT2D eigenvalue weighted by Crippen LogP contribution is -2.59. The van der Waals surface area contributed by atoms with Gasteiger partial charge in [0.25, 0.3) is 0 Å². The highest BCUT2D eigenvalue weighted by Crippen LogP contribution is 2.48. The number of quaternary nitrogens is 1. The highest BCUT2D eigenvalue weighted by atomic mass is 35.5. The third kappa shape index (κ3) is 4.09. The van der Waals surface area contributed by atoms with Gasteiger partial charge < -0.3 is 15.5 Å². The highest BCUT2D eigenvalue weighted by Gasteiger charge is 2.54. The van der Waals surface area contributed by atoms with E-state index in [1.807, 2.05) is 0 Å². The number of nitrogens with two attached hydrogens (primary N) is 1. The lowest BCUT2D eigenvalue weighted by molar-refractivity contribution is -0.868. The van der Waals surface area contributed by atoms with Crippen molar-refractivity contribution in [2.75, 3.05) is 12.4 Å². The second kappa shape index (κ2) is 7.11. The van der Waals surface area contributed by atoms with Crippen molar-refractivity contribution in [2.24, 2.45) is 11.0 Å². The molecule has 0 fully saturated rings. The third-order valence-electron chi connectivity index (χ3n) is 3.10. The lowest BCUT2D eigenvalue weighted by atomic mass is 10.1. The Bertz CT molecular complexity index is 552. The zero-order valence-electron chi connectivity index (χ0n) is 11.0. The fraction of sp³-hybridized carbons (Fsp3) is 0.364. The minimum Gasteiger partial charge on any atom is -0.320 e. The number of carbonyl (C=O) groups excluding carboxylic acids is 1. The second-order valence-corrected chi connectivity index (χ2v) is 6.57. The van der Waals surface area contributed by atoms with E-state index in [1.54, 1.807) is 30.3 Å². The summed E-state index contributed by atoms with van der Waals surface area (Å²) in [6, 6.07) is 7.04. The number of hydrogen-bond acceptors (Lipinski definition) is 4. The summed E-state index contributed by atoms with van der Waals surface area (Å²) in [6.07, 6.45) is -0.239. The number of halogens is 1. The molecule has 1 aromatic rings. The maximum absolute atomic E-state index is 11.7. The normalized spacial score (nSPS) is 16.0. The quantitative estimate of drug-likeness (QED) is 0.228. The van der Waals surface area contributed by atoms with E-state index in [1.165, 1.54) is 0 Å². The molecule has 2 atom stereocenters. The van der Waals surface area contributed by atoms with E-state index in [-0.39, 0.29) is 12.3 Å². The monoisotopic (exact) mass is 336 g/mol. The second-order valence-electron chi connectivity index (χ2n) is 4.42. The van der Waals surface area contributed by atoms with E-state index in [0.29, 0.717) is 5.56 Å². The maximum Gasteiger partial charge on any atom is 0.444 e. The van der Waals surface area contributed by atoms with Crippen LogP contribution in [0.3, 0.4) is 0 Å². The van der Waals surface area contributed by atoms with Crippen molar-refractivity contribution in [3.05, 3.63) is 40.8 Å². The van der Waals surface area contributed by atoms with Crippen LogP contribution < -0.4 is 5.73 Å². The first kappa shape index (κ1) is 17.7. The van der Waals surface area contributed by atoms with Gasteiger partial charge in [-0.2, -0.15) is 0 Å². The number of hydrogen-bond donors (Lipinski definition) is 3. The van der Waals surface area contributed by atoms with Gasteiger partial charge >= 0.3 is 13.6 Å². The van der Waals surface area contributed by atoms with E-state index in [0.717, 1.165) is 0 Å². The molecule has 0 bridgehead atoms. The first-order valence-corrected chi connectivity index (χ1v) is 8.17. The Morgan fingerprint density at radius 3 is 2.33 bits per heavy atom. The van der Waals surface area contributed by atoms with Crippen LogP contribution in [0, 0.1) is 4.91 Å². The summed E-state index contributed by atoms with van der Waals surface area (Å²) in [7, 11) is -4.84. The zero-order chi connectivity index (χ0) is 16.1. The van der Waals surface area contributed by atoms with Gasteiger partial charge in [0, 0.05) is 6.42 Å². The van der Waals surface area contributed by atoms with E-state index < -0.39 is 30.5 Å². The van der Waals surface area contributed by atoms with Crippen LogP contribution in [-0.4, -0.2) is 38.6 Å². The first-order chi connectivity index (χ1) is 9.78. The van der Waals surface area contributed by atoms with Gasteiger partial charge in [-0.15, -0.1) is 11.6 Å². The standard InChI is InChI=1S/C11H15ClN3O5P/c12-6-7-15(14-17,11(13)16)10(21(18,19)20)8-9-4-2-1-3-5-9/h1-5,10H,6-8H2,(H3-,13,16,18,19,20)/p+1. The zero-order valence-corrected chi connectivity index (χ0v) is 12.7. The molecular weight excluding hydrogens is 321 g/mol. The van der Waals surface area contributed by atoms with Crippen molar-refractivity contribution in [1.82, 2.24) is 0 Å². The Hall–Kier alpha value is -1.31. The molecule has 0 saturated carbocycles. The van der Waals surface area contributed by atoms with Crippen LogP contribution in [0.5, 0.6) is 0 Å². The van der Waals surface area contributed by atoms with E-state index in [4.69, 9.17) is 17.3 Å². The Kier molecular flexibility index (Phi) is 6.00. The summed E-state index contributed by atoms with van der Waals surface area (Å²) in [5, 5.41) is 2.61. The molecule has 0 saturated heterocycles. The smallest absolute Gasteiger partial charge is 0.320 e. The van der Waals surface area contributed by atoms with Crippen molar-refractivity contribution in [3.8, 4) is 0 Å². The largest absolute Gasteiger partial charge is 0.444 e. The molecule has 4 N–H and O–H groups in total. The molecule has 2 unspecified atom stereocenters. The molecule has 1 rings (SSSR count). The molecule has 116 valence electrons. The molecule has 0 radical (unpaired) electrons. The number of urea groups is 1. The van der Waals surface area contributed by atoms with Crippen LogP contribution in [0.1, 0.15) is 5.56 Å². The molecule has 2 amide bonds. The maximum atomic E-state index is 11.7. The van der Waals surface area contributed by atoms with Gasteiger partial charge in [-0.3, -0.25) is 4.57 Å². The van der Waals surface area contributed by atoms with Gasteiger partial charge in [-0.1, -0.05) is 39.8 Å². The van der Waals surface area contributed by atoms with Crippen LogP contribution >= 0.6 is 19.2 Å². The number of nitroso groups, excluding NO2 is 1. The SMILES string of the molecule is NC(=O)[N+](CCCl)(N=O)C(Cc1ccccc1)P(=O)(O)O. The summed E-state index contributed by atoms with van der Waals surface area (Å²) in [4.78, 5) is 41.8. The topological polar surface area (TPSA) is 130 Å². The predicted octanol–water partition coefficient (Wildman–Crippen LogP) is 1.55. The molecule has 0 aromatic heterocycles. The minimum absolute atomic E-state index is 0.208. The number of amides is 2. The molecule has 0 aliphatic carbocycles. The fourth-order valence-electron chi connectivity index (χ4n) is 2.01. The Morgan fingerprint density at radius 1 is 1.38 bits per heavy atom. The molecule has 0 heterocycles. The van der Waals surface area contributed by atoms with Crippen molar-refractivity contribution in [1.29, 1.82) is 0 Å². The first-order valence-electron chi connectivity index (χ1n) is 5.95. The Morgan fingerprint density at radius 2 is 1.95 bits per heavy atom. The third-order valence-corrected chi connectivity index (χ3v) is 4.61. The van der Waals surface area contributed by atoms with Crippen molar-refractivity contribution >= 4 is 25.2 Å². The fourth-order valence-corrected chi connectivity index (χ4v) is 3.49. The molecule has 0 aliphatic heterocycles. The summed E-state index contributed by atoms with van der Waals surface area (Å²) in [5.41, 5.74) is 5.69. The van der Waals surface area contributed by atoms with Crippen molar-refractivity contribution < 1.29 is 23.7 Å². The van der Waals surface area contributed by atoms with E-state index in [9.17, 15) is 24.1 Å². The molecule has 1 aromatic carbocycles. The van der Waals surface area contributed by atoms with Gasteiger partial charge in [-0.25, -0.2) is 4.79 Å². The summed E-state index contributed by atoms with van der Waals surface area (Å²) >= 11 is 5.53. The summed E-state index contributed by atoms with van der Waals surface area (Å²) in [5.74, 6) is -1.92. The van der Waals surface area contributed by atoms with Crippen LogP contribution in [0.25, 0.3) is 0 Å². The van der Waals surface area contributed by atoms with E-state index >= 15 is 0 Å². The Balaban J connectivity index is 3.31. The number of alkyl halides is 1. The molecule has 0 spiro atoms. The van der Waals surface area contributed by atoms with Crippen LogP contribution in [-0.2, 0) is 11.0 Å². The molecule has 0 aliphatic rings. The van der Waals surface area contributed by atoms with Crippen LogP contribution in [0.15, 0.2) is 35.6 Å². The number of nitrogens with zero attached hydrogens (tertiary/aromatic N) is 2. The number of rotatable bonds is 7. The summed E-state index contributed by atoms with van der Waals surface area (Å²) in [6.45, 7) is -0.400. The Labute approximate surface area is 126 Å². The molecule has 8 nitrogen and oxygen atoms in total. The minimum atomic E-state index is -4.84. The summed E-state index contributed by atoms with van der Waals surface area (Å²) < 4.78 is 10.3. The van der Waals surface area contributed by atoms with Crippen LogP contribution in [0.4, 0.5) is 4.79 Å². The van der Waals surface area contributed by atoms with Gasteiger partial charge in [0.05, 0.1) is 5.88 Å². The van der Waals surface area contributed by atoms with Gasteiger partial charge in [-0.05, 0) is 5.56 Å². The average Bonchev–Trinajstić information content (AvgIpc) is 2.42. The molecule has 10 heteroatoms. The average molecular weight is 337 g/mol. The number of carbonyl (C=O) groups is 1. The van der Waals surface area contributed by atoms with Gasteiger partial charge in [0.2, 0.25) is 5.78 Å². The molecular formula is C11H16ClN3O5P+. The highest BCUT2D eigenvalue weighted by molar-refractivity contribution is 7.52. The lowest BCUT2D eigenvalue weighted by Gasteiger charge is -2.31. The predicted molar refractivity (Wildman–Crippen MR) is 77.2 cm³/mol. The van der Waals surface area contributed by atoms with Gasteiger partial charge in [0.15, 0.2) is 5.29 Å². The van der Waals surface area contributed by atoms with Crippen molar-refractivity contribution in [2.45, 2.75) is 12.2 Å². The number of benzene rings is 1. The van der Waals surface area contributed by atoms with Crippen LogP contribution in [0.2, 0.25) is 0 Å². The van der Waals surface area contributed by atoms with E-state index in [2.05, 4.69) is 5.29 Å².